The Kier molecular flexibility index (Phi) is 2.83. The molecule has 3 rings (SSSR count). The van der Waals surface area contributed by atoms with Crippen molar-refractivity contribution >= 4 is 33.6 Å². The van der Waals surface area contributed by atoms with E-state index >= 15 is 0 Å². The van der Waals surface area contributed by atoms with Gasteiger partial charge in [-0.1, -0.05) is 22.0 Å². The minimum absolute atomic E-state index is 0.0527. The zero-order valence-corrected chi connectivity index (χ0v) is 13.2. The molecule has 2 heterocycles. The lowest BCUT2D eigenvalue weighted by Crippen LogP contribution is -2.51. The number of likely N-dealkylation sites (N-methyl/N-ethyl adjacent to an activating group) is 1. The summed E-state index contributed by atoms with van der Waals surface area (Å²) in [5.41, 5.74) is 0.788. The van der Waals surface area contributed by atoms with Gasteiger partial charge in [-0.3, -0.25) is 4.79 Å². The van der Waals surface area contributed by atoms with Gasteiger partial charge in [-0.25, -0.2) is 4.79 Å². The van der Waals surface area contributed by atoms with Crippen LogP contribution >= 0.6 is 15.9 Å². The highest BCUT2D eigenvalue weighted by Crippen LogP contribution is 2.45. The van der Waals surface area contributed by atoms with Crippen LogP contribution in [0.15, 0.2) is 22.7 Å². The van der Waals surface area contributed by atoms with Crippen LogP contribution in [0.5, 0.6) is 0 Å². The molecule has 0 aliphatic carbocycles. The SMILES string of the molecule is C[C@@H]1CN([C@@]2(C)C(=O)N(C)c3cc(Br)ccc32)C(=O)N1. The highest BCUT2D eigenvalue weighted by atomic mass is 79.9. The fourth-order valence-electron chi connectivity index (χ4n) is 3.08. The lowest BCUT2D eigenvalue weighted by molar-refractivity contribution is -0.126. The topological polar surface area (TPSA) is 52.7 Å². The van der Waals surface area contributed by atoms with Crippen LogP contribution in [-0.4, -0.2) is 36.5 Å². The van der Waals surface area contributed by atoms with E-state index in [0.717, 1.165) is 15.7 Å². The zero-order chi connectivity index (χ0) is 14.7. The van der Waals surface area contributed by atoms with Crippen molar-refractivity contribution in [2.75, 3.05) is 18.5 Å². The van der Waals surface area contributed by atoms with Crippen molar-refractivity contribution in [3.63, 3.8) is 0 Å². The van der Waals surface area contributed by atoms with Crippen LogP contribution in [0, 0.1) is 0 Å². The van der Waals surface area contributed by atoms with Crippen molar-refractivity contribution in [2.24, 2.45) is 0 Å². The Morgan fingerprint density at radius 3 is 2.70 bits per heavy atom. The average molecular weight is 338 g/mol. The molecular formula is C14H16BrN3O2. The van der Waals surface area contributed by atoms with Gasteiger partial charge in [0.1, 0.15) is 5.54 Å². The summed E-state index contributed by atoms with van der Waals surface area (Å²) in [7, 11) is 1.75. The minimum atomic E-state index is -0.931. The van der Waals surface area contributed by atoms with Crippen LogP contribution in [0.3, 0.4) is 0 Å². The maximum atomic E-state index is 12.7. The van der Waals surface area contributed by atoms with E-state index in [1.807, 2.05) is 32.0 Å². The second-order valence-corrected chi connectivity index (χ2v) is 6.47. The number of halogens is 1. The molecule has 0 spiro atoms. The molecule has 1 aromatic rings. The van der Waals surface area contributed by atoms with E-state index in [4.69, 9.17) is 0 Å². The Morgan fingerprint density at radius 2 is 2.10 bits per heavy atom. The van der Waals surface area contributed by atoms with Crippen molar-refractivity contribution in [1.29, 1.82) is 0 Å². The van der Waals surface area contributed by atoms with E-state index in [1.165, 1.54) is 0 Å². The van der Waals surface area contributed by atoms with E-state index in [-0.39, 0.29) is 18.0 Å². The molecule has 0 bridgehead atoms. The van der Waals surface area contributed by atoms with Crippen LogP contribution in [-0.2, 0) is 10.3 Å². The average Bonchev–Trinajstić information content (AvgIpc) is 2.82. The minimum Gasteiger partial charge on any atom is -0.334 e. The molecule has 0 radical (unpaired) electrons. The number of hydrogen-bond donors (Lipinski definition) is 1. The molecule has 3 amide bonds. The smallest absolute Gasteiger partial charge is 0.318 e. The van der Waals surface area contributed by atoms with Crippen molar-refractivity contribution in [3.05, 3.63) is 28.2 Å². The fraction of sp³-hybridized carbons (Fsp3) is 0.429. The molecule has 1 fully saturated rings. The Bertz CT molecular complexity index is 618. The Morgan fingerprint density at radius 1 is 1.40 bits per heavy atom. The first-order chi connectivity index (χ1) is 9.35. The second-order valence-electron chi connectivity index (χ2n) is 5.56. The number of carbonyl (C=O) groups excluding carboxylic acids is 2. The van der Waals surface area contributed by atoms with E-state index in [9.17, 15) is 9.59 Å². The lowest BCUT2D eigenvalue weighted by atomic mass is 9.91. The van der Waals surface area contributed by atoms with Gasteiger partial charge in [-0.05, 0) is 26.0 Å². The molecule has 2 aliphatic rings. The number of anilines is 1. The molecule has 5 nitrogen and oxygen atoms in total. The highest BCUT2D eigenvalue weighted by molar-refractivity contribution is 9.10. The summed E-state index contributed by atoms with van der Waals surface area (Å²) in [6.45, 7) is 4.29. The Labute approximate surface area is 126 Å². The third kappa shape index (κ3) is 1.60. The molecule has 0 aromatic heterocycles. The van der Waals surface area contributed by atoms with E-state index < -0.39 is 5.54 Å². The number of nitrogens with one attached hydrogen (secondary N) is 1. The fourth-order valence-corrected chi connectivity index (χ4v) is 3.43. The monoisotopic (exact) mass is 337 g/mol. The van der Waals surface area contributed by atoms with Gasteiger partial charge < -0.3 is 15.1 Å². The molecular weight excluding hydrogens is 322 g/mol. The first kappa shape index (κ1) is 13.4. The Hall–Kier alpha value is -1.56. The van der Waals surface area contributed by atoms with Crippen molar-refractivity contribution < 1.29 is 9.59 Å². The van der Waals surface area contributed by atoms with Crippen molar-refractivity contribution in [2.45, 2.75) is 25.4 Å². The van der Waals surface area contributed by atoms with Crippen LogP contribution in [0.4, 0.5) is 10.5 Å². The first-order valence-electron chi connectivity index (χ1n) is 6.52. The summed E-state index contributed by atoms with van der Waals surface area (Å²) in [6, 6.07) is 5.60. The molecule has 6 heteroatoms. The van der Waals surface area contributed by atoms with Crippen LogP contribution in [0.1, 0.15) is 19.4 Å². The highest BCUT2D eigenvalue weighted by Gasteiger charge is 2.53. The molecule has 0 unspecified atom stereocenters. The van der Waals surface area contributed by atoms with Crippen molar-refractivity contribution in [1.82, 2.24) is 10.2 Å². The number of carbonyl (C=O) groups is 2. The maximum Gasteiger partial charge on any atom is 0.318 e. The van der Waals surface area contributed by atoms with Gasteiger partial charge in [-0.2, -0.15) is 0 Å². The summed E-state index contributed by atoms with van der Waals surface area (Å²) < 4.78 is 0.916. The van der Waals surface area contributed by atoms with Crippen molar-refractivity contribution in [3.8, 4) is 0 Å². The third-order valence-corrected chi connectivity index (χ3v) is 4.67. The van der Waals surface area contributed by atoms with E-state index in [1.54, 1.807) is 16.8 Å². The van der Waals surface area contributed by atoms with Crippen LogP contribution in [0.25, 0.3) is 0 Å². The van der Waals surface area contributed by atoms with Gasteiger partial charge in [-0.15, -0.1) is 0 Å². The van der Waals surface area contributed by atoms with E-state index in [2.05, 4.69) is 21.2 Å². The standard InChI is InChI=1S/C14H16BrN3O2/c1-8-7-18(13(20)16-8)14(2)10-5-4-9(15)6-11(10)17(3)12(14)19/h4-6,8H,7H2,1-3H3,(H,16,20)/t8-,14-/m1/s1. The van der Waals surface area contributed by atoms with Crippen LogP contribution < -0.4 is 10.2 Å². The van der Waals surface area contributed by atoms with Crippen LogP contribution in [0.2, 0.25) is 0 Å². The summed E-state index contributed by atoms with van der Waals surface area (Å²) in [6.07, 6.45) is 0. The molecule has 1 saturated heterocycles. The molecule has 1 N–H and O–H groups in total. The normalized spacial score (nSPS) is 28.9. The maximum absolute atomic E-state index is 12.7. The summed E-state index contributed by atoms with van der Waals surface area (Å²) in [4.78, 5) is 28.1. The lowest BCUT2D eigenvalue weighted by Gasteiger charge is -2.33. The quantitative estimate of drug-likeness (QED) is 0.852. The van der Waals surface area contributed by atoms with Gasteiger partial charge in [0, 0.05) is 29.7 Å². The molecule has 2 aliphatic heterocycles. The predicted molar refractivity (Wildman–Crippen MR) is 79.6 cm³/mol. The summed E-state index contributed by atoms with van der Waals surface area (Å²) in [5.74, 6) is -0.0742. The molecule has 1 aromatic carbocycles. The summed E-state index contributed by atoms with van der Waals surface area (Å²) in [5, 5.41) is 2.85. The molecule has 0 saturated carbocycles. The number of rotatable bonds is 1. The number of amides is 3. The molecule has 2 atom stereocenters. The van der Waals surface area contributed by atoms with Gasteiger partial charge in [0.2, 0.25) is 0 Å². The number of benzene rings is 1. The zero-order valence-electron chi connectivity index (χ0n) is 11.6. The van der Waals surface area contributed by atoms with Gasteiger partial charge in [0.25, 0.3) is 5.91 Å². The van der Waals surface area contributed by atoms with E-state index in [0.29, 0.717) is 6.54 Å². The summed E-state index contributed by atoms with van der Waals surface area (Å²) >= 11 is 3.42. The Balaban J connectivity index is 2.15. The van der Waals surface area contributed by atoms with Gasteiger partial charge in [0.05, 0.1) is 5.69 Å². The molecule has 106 valence electrons. The van der Waals surface area contributed by atoms with Gasteiger partial charge >= 0.3 is 6.03 Å². The number of nitrogens with zero attached hydrogens (tertiary/aromatic N) is 2. The third-order valence-electron chi connectivity index (χ3n) is 4.18. The number of hydrogen-bond acceptors (Lipinski definition) is 2. The van der Waals surface area contributed by atoms with Gasteiger partial charge in [0.15, 0.2) is 0 Å². The largest absolute Gasteiger partial charge is 0.334 e. The number of fused-ring (bicyclic) bond motifs is 1. The molecule has 20 heavy (non-hydrogen) atoms. The first-order valence-corrected chi connectivity index (χ1v) is 7.31. The number of urea groups is 1. The predicted octanol–water partition coefficient (Wildman–Crippen LogP) is 2.05. The second kappa shape index (κ2) is 4.22.